The van der Waals surface area contributed by atoms with Crippen LogP contribution in [-0.2, 0) is 21.2 Å². The fourth-order valence-electron chi connectivity index (χ4n) is 3.30. The van der Waals surface area contributed by atoms with E-state index in [1.54, 1.807) is 18.6 Å². The number of hydrogen-bond donors (Lipinski definition) is 1. The Balaban J connectivity index is 1.42. The van der Waals surface area contributed by atoms with Gasteiger partial charge < -0.3 is 9.15 Å². The van der Waals surface area contributed by atoms with Crippen molar-refractivity contribution in [1.82, 2.24) is 14.5 Å². The number of carbonyl (C=O) groups excluding carboxylic acids is 1. The minimum Gasteiger partial charge on any atom is -0.497 e. The van der Waals surface area contributed by atoms with Gasteiger partial charge in [0.15, 0.2) is 0 Å². The summed E-state index contributed by atoms with van der Waals surface area (Å²) in [6.07, 6.45) is 1.44. The first-order valence-electron chi connectivity index (χ1n) is 9.29. The van der Waals surface area contributed by atoms with Gasteiger partial charge in [0.05, 0.1) is 13.5 Å². The predicted molar refractivity (Wildman–Crippen MR) is 110 cm³/mol. The highest BCUT2D eigenvalue weighted by atomic mass is 32.2. The second-order valence-electron chi connectivity index (χ2n) is 6.72. The number of anilines is 1. The molecule has 1 aromatic carbocycles. The summed E-state index contributed by atoms with van der Waals surface area (Å²) in [6.45, 7) is 0.297. The molecule has 1 aliphatic rings. The molecule has 0 aliphatic carbocycles. The minimum absolute atomic E-state index is 0.0520. The second-order valence-corrected chi connectivity index (χ2v) is 9.79. The van der Waals surface area contributed by atoms with Crippen molar-refractivity contribution in [2.75, 3.05) is 19.0 Å². The van der Waals surface area contributed by atoms with Crippen LogP contribution in [0.5, 0.6) is 5.75 Å². The highest BCUT2D eigenvalue weighted by Crippen LogP contribution is 2.29. The lowest BCUT2D eigenvalue weighted by molar-refractivity contribution is -0.119. The normalized spacial score (nSPS) is 17.2. The fraction of sp³-hybridized carbons (Fsp3) is 0.316. The number of amides is 1. The van der Waals surface area contributed by atoms with E-state index in [9.17, 15) is 13.2 Å². The molecule has 4 rings (SSSR count). The molecule has 0 saturated carbocycles. The van der Waals surface area contributed by atoms with E-state index in [1.165, 1.54) is 10.4 Å². The van der Waals surface area contributed by atoms with E-state index in [-0.39, 0.29) is 10.2 Å². The van der Waals surface area contributed by atoms with E-state index in [0.717, 1.165) is 22.6 Å². The third kappa shape index (κ3) is 4.23. The standard InChI is InChI=1S/C19H20N4O5S2/c1-27-14-8-6-13(7-9-14)12-16-21-22-19(28-16)20-18(24)15-4-2-10-23(15)30(25,26)17-5-3-11-29-17/h3,5-9,11,15H,2,4,10,12H2,1H3,(H,20,22,24). The monoisotopic (exact) mass is 448 g/mol. The summed E-state index contributed by atoms with van der Waals surface area (Å²) in [5.74, 6) is 0.605. The van der Waals surface area contributed by atoms with Crippen LogP contribution in [0.2, 0.25) is 0 Å². The molecule has 0 radical (unpaired) electrons. The Kier molecular flexibility index (Phi) is 5.84. The molecule has 1 amide bonds. The van der Waals surface area contributed by atoms with Gasteiger partial charge in [-0.15, -0.1) is 16.4 Å². The number of carbonyl (C=O) groups is 1. The average Bonchev–Trinajstić information content (AvgIpc) is 3.50. The Morgan fingerprint density at radius 2 is 2.10 bits per heavy atom. The molecule has 1 unspecified atom stereocenters. The van der Waals surface area contributed by atoms with Gasteiger partial charge in [-0.3, -0.25) is 10.1 Å². The summed E-state index contributed by atoms with van der Waals surface area (Å²) in [4.78, 5) is 12.7. The van der Waals surface area contributed by atoms with Crippen molar-refractivity contribution >= 4 is 33.3 Å². The van der Waals surface area contributed by atoms with Crippen LogP contribution < -0.4 is 10.1 Å². The first-order chi connectivity index (χ1) is 14.5. The molecule has 1 N–H and O–H groups in total. The molecule has 158 valence electrons. The van der Waals surface area contributed by atoms with Crippen LogP contribution in [0.3, 0.4) is 0 Å². The molecule has 1 atom stereocenters. The molecule has 9 nitrogen and oxygen atoms in total. The maximum absolute atomic E-state index is 12.8. The van der Waals surface area contributed by atoms with Gasteiger partial charge in [0.25, 0.3) is 10.0 Å². The van der Waals surface area contributed by atoms with Gasteiger partial charge in [-0.1, -0.05) is 23.3 Å². The van der Waals surface area contributed by atoms with Crippen molar-refractivity contribution in [3.8, 4) is 5.75 Å². The minimum atomic E-state index is -3.71. The molecule has 2 aromatic heterocycles. The quantitative estimate of drug-likeness (QED) is 0.591. The summed E-state index contributed by atoms with van der Waals surface area (Å²) in [5, 5.41) is 12.1. The van der Waals surface area contributed by atoms with E-state index in [2.05, 4.69) is 15.5 Å². The van der Waals surface area contributed by atoms with Gasteiger partial charge in [-0.2, -0.15) is 4.31 Å². The zero-order valence-corrected chi connectivity index (χ0v) is 17.8. The first-order valence-corrected chi connectivity index (χ1v) is 11.6. The fourth-order valence-corrected chi connectivity index (χ4v) is 6.07. The van der Waals surface area contributed by atoms with Gasteiger partial charge in [0.1, 0.15) is 16.0 Å². The van der Waals surface area contributed by atoms with Crippen LogP contribution >= 0.6 is 11.3 Å². The maximum atomic E-state index is 12.8. The molecule has 1 saturated heterocycles. The topological polar surface area (TPSA) is 115 Å². The Labute approximate surface area is 177 Å². The van der Waals surface area contributed by atoms with E-state index >= 15 is 0 Å². The van der Waals surface area contributed by atoms with Crippen LogP contribution in [0, 0.1) is 0 Å². The lowest BCUT2D eigenvalue weighted by atomic mass is 10.1. The van der Waals surface area contributed by atoms with Crippen LogP contribution in [0.4, 0.5) is 6.01 Å². The number of nitrogens with one attached hydrogen (secondary N) is 1. The van der Waals surface area contributed by atoms with Crippen LogP contribution in [0.25, 0.3) is 0 Å². The average molecular weight is 449 g/mol. The summed E-state index contributed by atoms with van der Waals surface area (Å²) >= 11 is 1.13. The Bertz CT molecular complexity index is 1110. The zero-order valence-electron chi connectivity index (χ0n) is 16.1. The predicted octanol–water partition coefficient (Wildman–Crippen LogP) is 2.52. The van der Waals surface area contributed by atoms with Crippen LogP contribution in [0.15, 0.2) is 50.4 Å². The molecular weight excluding hydrogens is 428 g/mol. The molecular formula is C19H20N4O5S2. The molecule has 0 spiro atoms. The van der Waals surface area contributed by atoms with Gasteiger partial charge >= 0.3 is 6.01 Å². The highest BCUT2D eigenvalue weighted by molar-refractivity contribution is 7.91. The second kappa shape index (κ2) is 8.54. The molecule has 3 aromatic rings. The highest BCUT2D eigenvalue weighted by Gasteiger charge is 2.40. The van der Waals surface area contributed by atoms with Gasteiger partial charge in [-0.05, 0) is 42.0 Å². The third-order valence-corrected chi connectivity index (χ3v) is 8.06. The Hall–Kier alpha value is -2.76. The number of hydrogen-bond acceptors (Lipinski definition) is 8. The lowest BCUT2D eigenvalue weighted by Crippen LogP contribution is -2.42. The largest absolute Gasteiger partial charge is 0.497 e. The maximum Gasteiger partial charge on any atom is 0.322 e. The van der Waals surface area contributed by atoms with Crippen molar-refractivity contribution in [2.45, 2.75) is 29.5 Å². The van der Waals surface area contributed by atoms with Gasteiger partial charge in [0.2, 0.25) is 11.8 Å². The number of benzene rings is 1. The summed E-state index contributed by atoms with van der Waals surface area (Å²) in [7, 11) is -2.11. The van der Waals surface area contributed by atoms with E-state index < -0.39 is 22.0 Å². The molecule has 11 heteroatoms. The third-order valence-electron chi connectivity index (χ3n) is 4.78. The first kappa shape index (κ1) is 20.5. The molecule has 30 heavy (non-hydrogen) atoms. The summed E-state index contributed by atoms with van der Waals surface area (Å²) in [6, 6.07) is 9.77. The Morgan fingerprint density at radius 1 is 1.30 bits per heavy atom. The SMILES string of the molecule is COc1ccc(Cc2nnc(NC(=O)C3CCCN3S(=O)(=O)c3cccs3)o2)cc1. The smallest absolute Gasteiger partial charge is 0.322 e. The number of rotatable bonds is 7. The molecule has 1 aliphatic heterocycles. The van der Waals surface area contributed by atoms with Crippen molar-refractivity contribution in [3.63, 3.8) is 0 Å². The van der Waals surface area contributed by atoms with Crippen molar-refractivity contribution in [3.05, 3.63) is 53.2 Å². The van der Waals surface area contributed by atoms with E-state index in [4.69, 9.17) is 9.15 Å². The van der Waals surface area contributed by atoms with Crippen molar-refractivity contribution in [2.24, 2.45) is 0 Å². The molecule has 3 heterocycles. The molecule has 1 fully saturated rings. The number of methoxy groups -OCH3 is 1. The lowest BCUT2D eigenvalue weighted by Gasteiger charge is -2.21. The summed E-state index contributed by atoms with van der Waals surface area (Å²) < 4.78 is 37.7. The van der Waals surface area contributed by atoms with Gasteiger partial charge in [-0.25, -0.2) is 8.42 Å². The van der Waals surface area contributed by atoms with E-state index in [1.807, 2.05) is 24.3 Å². The van der Waals surface area contributed by atoms with Crippen molar-refractivity contribution in [1.29, 1.82) is 0 Å². The van der Waals surface area contributed by atoms with Gasteiger partial charge in [0, 0.05) is 6.54 Å². The summed E-state index contributed by atoms with van der Waals surface area (Å²) in [5.41, 5.74) is 0.946. The van der Waals surface area contributed by atoms with Crippen molar-refractivity contribution < 1.29 is 22.4 Å². The van der Waals surface area contributed by atoms with Crippen LogP contribution in [0.1, 0.15) is 24.3 Å². The van der Waals surface area contributed by atoms with E-state index in [0.29, 0.717) is 31.7 Å². The molecule has 0 bridgehead atoms. The number of ether oxygens (including phenoxy) is 1. The number of aromatic nitrogens is 2. The zero-order chi connectivity index (χ0) is 21.1. The number of nitrogens with zero attached hydrogens (tertiary/aromatic N) is 3. The van der Waals surface area contributed by atoms with Crippen LogP contribution in [-0.4, -0.2) is 48.5 Å². The number of sulfonamides is 1. The Morgan fingerprint density at radius 3 is 2.80 bits per heavy atom. The number of thiophene rings is 1.